The third kappa shape index (κ3) is 12.5. The average molecular weight is 382 g/mol. The van der Waals surface area contributed by atoms with Crippen molar-refractivity contribution >= 4 is 5.97 Å². The maximum absolute atomic E-state index is 12.2. The number of piperidine rings is 1. The molecule has 1 heterocycles. The summed E-state index contributed by atoms with van der Waals surface area (Å²) in [6, 6.07) is 0. The molecule has 0 aromatic carbocycles. The molecule has 3 heteroatoms. The van der Waals surface area contributed by atoms with E-state index >= 15 is 0 Å². The molecule has 0 aromatic rings. The summed E-state index contributed by atoms with van der Waals surface area (Å²) in [4.78, 5) is 12.2. The van der Waals surface area contributed by atoms with Crippen LogP contribution in [-0.2, 0) is 9.53 Å². The van der Waals surface area contributed by atoms with Crippen molar-refractivity contribution in [1.82, 2.24) is 5.32 Å². The van der Waals surface area contributed by atoms with Gasteiger partial charge in [-0.25, -0.2) is 0 Å². The summed E-state index contributed by atoms with van der Waals surface area (Å²) in [6.45, 7) is 8.55. The fraction of sp³-hybridized carbons (Fsp3) is 0.958. The Kier molecular flexibility index (Phi) is 13.9. The molecule has 0 bridgehead atoms. The first-order valence-electron chi connectivity index (χ1n) is 12.0. The lowest BCUT2D eigenvalue weighted by atomic mass is 9.83. The number of carbonyl (C=O) groups is 1. The van der Waals surface area contributed by atoms with Crippen molar-refractivity contribution in [3.05, 3.63) is 0 Å². The SMILES string of the molecule is CCCCCCCCCCCCCCCC(=O)OC(C)(C)C1CCNCC1. The summed E-state index contributed by atoms with van der Waals surface area (Å²) in [6.07, 6.45) is 20.2. The van der Waals surface area contributed by atoms with Gasteiger partial charge in [-0.1, -0.05) is 84.0 Å². The number of nitrogens with one attached hydrogen (secondary N) is 1. The van der Waals surface area contributed by atoms with E-state index in [9.17, 15) is 4.79 Å². The highest BCUT2D eigenvalue weighted by Crippen LogP contribution is 2.29. The van der Waals surface area contributed by atoms with E-state index in [0.29, 0.717) is 12.3 Å². The average Bonchev–Trinajstić information content (AvgIpc) is 2.66. The maximum atomic E-state index is 12.2. The molecule has 1 aliphatic rings. The van der Waals surface area contributed by atoms with Crippen molar-refractivity contribution in [2.75, 3.05) is 13.1 Å². The third-order valence-corrected chi connectivity index (χ3v) is 6.18. The van der Waals surface area contributed by atoms with Gasteiger partial charge < -0.3 is 10.1 Å². The van der Waals surface area contributed by atoms with E-state index in [1.54, 1.807) is 0 Å². The number of hydrogen-bond acceptors (Lipinski definition) is 3. The van der Waals surface area contributed by atoms with Crippen LogP contribution in [0.25, 0.3) is 0 Å². The monoisotopic (exact) mass is 381 g/mol. The lowest BCUT2D eigenvalue weighted by molar-refractivity contribution is -0.162. The minimum absolute atomic E-state index is 0.00149. The topological polar surface area (TPSA) is 38.3 Å². The number of esters is 1. The van der Waals surface area contributed by atoms with Crippen LogP contribution in [0.1, 0.15) is 124 Å². The van der Waals surface area contributed by atoms with Crippen LogP contribution in [0.15, 0.2) is 0 Å². The van der Waals surface area contributed by atoms with Gasteiger partial charge in [0.2, 0.25) is 0 Å². The second-order valence-electron chi connectivity index (χ2n) is 9.09. The zero-order chi connectivity index (χ0) is 19.8. The van der Waals surface area contributed by atoms with Gasteiger partial charge in [-0.05, 0) is 46.2 Å². The fourth-order valence-corrected chi connectivity index (χ4v) is 4.23. The Morgan fingerprint density at radius 2 is 1.26 bits per heavy atom. The molecule has 0 radical (unpaired) electrons. The van der Waals surface area contributed by atoms with Crippen LogP contribution in [0.2, 0.25) is 0 Å². The summed E-state index contributed by atoms with van der Waals surface area (Å²) in [5.41, 5.74) is -0.310. The third-order valence-electron chi connectivity index (χ3n) is 6.18. The molecule has 0 unspecified atom stereocenters. The fourth-order valence-electron chi connectivity index (χ4n) is 4.23. The van der Waals surface area contributed by atoms with Crippen LogP contribution in [-0.4, -0.2) is 24.7 Å². The Balaban J connectivity index is 1.90. The van der Waals surface area contributed by atoms with E-state index in [4.69, 9.17) is 4.74 Å². The molecular formula is C24H47NO2. The number of rotatable bonds is 16. The predicted molar refractivity (Wildman–Crippen MR) is 116 cm³/mol. The van der Waals surface area contributed by atoms with Crippen LogP contribution >= 0.6 is 0 Å². The van der Waals surface area contributed by atoms with Crippen molar-refractivity contribution < 1.29 is 9.53 Å². The molecule has 1 aliphatic heterocycles. The van der Waals surface area contributed by atoms with Gasteiger partial charge in [-0.2, -0.15) is 0 Å². The van der Waals surface area contributed by atoms with Gasteiger partial charge in [-0.15, -0.1) is 0 Å². The Labute approximate surface area is 169 Å². The van der Waals surface area contributed by atoms with E-state index < -0.39 is 0 Å². The summed E-state index contributed by atoms with van der Waals surface area (Å²) >= 11 is 0. The zero-order valence-corrected chi connectivity index (χ0v) is 18.6. The van der Waals surface area contributed by atoms with Crippen LogP contribution in [0.5, 0.6) is 0 Å². The van der Waals surface area contributed by atoms with Gasteiger partial charge in [0, 0.05) is 12.3 Å². The molecular weight excluding hydrogens is 334 g/mol. The minimum atomic E-state index is -0.310. The number of ether oxygens (including phenoxy) is 1. The first kappa shape index (κ1) is 24.5. The first-order valence-corrected chi connectivity index (χ1v) is 12.0. The van der Waals surface area contributed by atoms with Gasteiger partial charge in [-0.3, -0.25) is 4.79 Å². The molecule has 0 amide bonds. The quantitative estimate of drug-likeness (QED) is 0.236. The predicted octanol–water partition coefficient (Wildman–Crippen LogP) is 6.79. The molecule has 1 fully saturated rings. The number of unbranched alkanes of at least 4 members (excludes halogenated alkanes) is 12. The highest BCUT2D eigenvalue weighted by atomic mass is 16.6. The molecule has 27 heavy (non-hydrogen) atoms. The van der Waals surface area contributed by atoms with Crippen LogP contribution in [0.3, 0.4) is 0 Å². The zero-order valence-electron chi connectivity index (χ0n) is 18.6. The number of hydrogen-bond donors (Lipinski definition) is 1. The minimum Gasteiger partial charge on any atom is -0.459 e. The van der Waals surface area contributed by atoms with Gasteiger partial charge in [0.15, 0.2) is 0 Å². The molecule has 1 N–H and O–H groups in total. The van der Waals surface area contributed by atoms with E-state index in [0.717, 1.165) is 32.4 Å². The molecule has 1 rings (SSSR count). The summed E-state index contributed by atoms with van der Waals surface area (Å²) in [7, 11) is 0. The normalized spacial score (nSPS) is 15.8. The van der Waals surface area contributed by atoms with E-state index in [2.05, 4.69) is 26.1 Å². The molecule has 0 aliphatic carbocycles. The standard InChI is InChI=1S/C24H47NO2/c1-4-5-6-7-8-9-10-11-12-13-14-15-16-17-23(26)27-24(2,3)22-18-20-25-21-19-22/h22,25H,4-21H2,1-3H3. The van der Waals surface area contributed by atoms with Gasteiger partial charge in [0.1, 0.15) is 5.60 Å². The Morgan fingerprint density at radius 3 is 1.74 bits per heavy atom. The van der Waals surface area contributed by atoms with Crippen LogP contribution < -0.4 is 5.32 Å². The summed E-state index contributed by atoms with van der Waals surface area (Å²) in [5, 5.41) is 3.38. The largest absolute Gasteiger partial charge is 0.459 e. The maximum Gasteiger partial charge on any atom is 0.306 e. The Hall–Kier alpha value is -0.570. The second-order valence-corrected chi connectivity index (χ2v) is 9.09. The van der Waals surface area contributed by atoms with Crippen molar-refractivity contribution in [3.8, 4) is 0 Å². The Morgan fingerprint density at radius 1 is 0.815 bits per heavy atom. The molecule has 0 aromatic heterocycles. The molecule has 1 saturated heterocycles. The van der Waals surface area contributed by atoms with E-state index in [-0.39, 0.29) is 11.6 Å². The first-order chi connectivity index (χ1) is 13.1. The highest BCUT2D eigenvalue weighted by molar-refractivity contribution is 5.69. The summed E-state index contributed by atoms with van der Waals surface area (Å²) < 4.78 is 5.82. The van der Waals surface area contributed by atoms with Crippen LogP contribution in [0, 0.1) is 5.92 Å². The Bertz CT molecular complexity index is 361. The lowest BCUT2D eigenvalue weighted by Gasteiger charge is -2.36. The molecule has 0 saturated carbocycles. The van der Waals surface area contributed by atoms with Crippen molar-refractivity contribution in [2.24, 2.45) is 5.92 Å². The van der Waals surface area contributed by atoms with E-state index in [1.165, 1.54) is 77.0 Å². The van der Waals surface area contributed by atoms with Gasteiger partial charge >= 0.3 is 5.97 Å². The lowest BCUT2D eigenvalue weighted by Crippen LogP contribution is -2.42. The molecule has 160 valence electrons. The second kappa shape index (κ2) is 15.4. The van der Waals surface area contributed by atoms with Crippen LogP contribution in [0.4, 0.5) is 0 Å². The van der Waals surface area contributed by atoms with Gasteiger partial charge in [0.25, 0.3) is 0 Å². The van der Waals surface area contributed by atoms with Crippen molar-refractivity contribution in [1.29, 1.82) is 0 Å². The molecule has 3 nitrogen and oxygen atoms in total. The van der Waals surface area contributed by atoms with Crippen molar-refractivity contribution in [2.45, 2.75) is 129 Å². The smallest absolute Gasteiger partial charge is 0.306 e. The molecule has 0 atom stereocenters. The number of carbonyl (C=O) groups excluding carboxylic acids is 1. The van der Waals surface area contributed by atoms with Gasteiger partial charge in [0.05, 0.1) is 0 Å². The highest BCUT2D eigenvalue weighted by Gasteiger charge is 2.33. The summed E-state index contributed by atoms with van der Waals surface area (Å²) in [5.74, 6) is 0.496. The molecule has 0 spiro atoms. The van der Waals surface area contributed by atoms with E-state index in [1.807, 2.05) is 0 Å². The van der Waals surface area contributed by atoms with Crippen molar-refractivity contribution in [3.63, 3.8) is 0 Å².